The van der Waals surface area contributed by atoms with Crippen LogP contribution in [0, 0.1) is 0 Å². The Balaban J connectivity index is 0.00000280. The van der Waals surface area contributed by atoms with Gasteiger partial charge in [-0.15, -0.1) is 24.0 Å². The van der Waals surface area contributed by atoms with Crippen LogP contribution in [0.1, 0.15) is 30.4 Å². The van der Waals surface area contributed by atoms with Gasteiger partial charge in [-0.25, -0.2) is 0 Å². The minimum absolute atomic E-state index is 0. The van der Waals surface area contributed by atoms with Crippen molar-refractivity contribution in [1.29, 1.82) is 0 Å². The largest absolute Gasteiger partial charge is 0.380 e. The van der Waals surface area contributed by atoms with E-state index in [0.717, 1.165) is 30.9 Å². The Labute approximate surface area is 185 Å². The van der Waals surface area contributed by atoms with Crippen molar-refractivity contribution in [2.45, 2.75) is 38.5 Å². The second-order valence-corrected chi connectivity index (χ2v) is 7.05. The van der Waals surface area contributed by atoms with E-state index in [0.29, 0.717) is 18.6 Å². The van der Waals surface area contributed by atoms with Gasteiger partial charge < -0.3 is 15.8 Å². The van der Waals surface area contributed by atoms with Crippen LogP contribution < -0.4 is 11.1 Å². The van der Waals surface area contributed by atoms with E-state index < -0.39 is 0 Å². The first-order valence-electron chi connectivity index (χ1n) is 9.68. The lowest BCUT2D eigenvalue weighted by Crippen LogP contribution is -2.41. The number of piperidine rings is 1. The van der Waals surface area contributed by atoms with Crippen molar-refractivity contribution < 1.29 is 4.74 Å². The van der Waals surface area contributed by atoms with Crippen LogP contribution in [0.25, 0.3) is 0 Å². The number of nitrogens with zero attached hydrogens (tertiary/aromatic N) is 2. The number of hydrogen-bond donors (Lipinski definition) is 2. The highest BCUT2D eigenvalue weighted by atomic mass is 127. The van der Waals surface area contributed by atoms with Gasteiger partial charge in [0, 0.05) is 30.9 Å². The van der Waals surface area contributed by atoms with Crippen molar-refractivity contribution >= 4 is 35.6 Å². The van der Waals surface area contributed by atoms with E-state index in [1.165, 1.54) is 24.8 Å². The Morgan fingerprint density at radius 2 is 1.89 bits per heavy atom. The second kappa shape index (κ2) is 12.0. The number of rotatable bonds is 7. The molecular formula is C22H31IN4O. The quantitative estimate of drug-likeness (QED) is 0.344. The second-order valence-electron chi connectivity index (χ2n) is 7.05. The number of nitrogens with two attached hydrogens (primary N) is 1. The van der Waals surface area contributed by atoms with Gasteiger partial charge >= 0.3 is 0 Å². The molecule has 2 aromatic carbocycles. The molecule has 0 radical (unpaired) electrons. The molecule has 152 valence electrons. The number of anilines is 1. The Hall–Kier alpha value is -1.64. The minimum Gasteiger partial charge on any atom is -0.380 e. The molecule has 1 aliphatic rings. The number of para-hydroxylation sites is 1. The summed E-state index contributed by atoms with van der Waals surface area (Å²) in [5.74, 6) is 0.462. The van der Waals surface area contributed by atoms with Gasteiger partial charge in [0.05, 0.1) is 13.2 Å². The standard InChI is InChI=1S/C22H30N4O.HI/c1-27-17-19-11-5-6-13-21(19)25-22(23)24-15-20-12-7-8-14-26(20)16-18-9-3-2-4-10-18;/h2-6,9-11,13,20H,7-8,12,14-17H2,1H3,(H3,23,24,25);1H. The van der Waals surface area contributed by atoms with Gasteiger partial charge in [-0.1, -0.05) is 55.0 Å². The van der Waals surface area contributed by atoms with E-state index in [1.54, 1.807) is 7.11 Å². The maximum Gasteiger partial charge on any atom is 0.193 e. The Morgan fingerprint density at radius 1 is 1.14 bits per heavy atom. The van der Waals surface area contributed by atoms with Crippen molar-refractivity contribution in [3.05, 3.63) is 65.7 Å². The zero-order valence-corrected chi connectivity index (χ0v) is 18.8. The van der Waals surface area contributed by atoms with Gasteiger partial charge in [0.25, 0.3) is 0 Å². The summed E-state index contributed by atoms with van der Waals surface area (Å²) in [6.45, 7) is 3.37. The molecule has 1 aliphatic heterocycles. The number of aliphatic imine (C=N–C) groups is 1. The highest BCUT2D eigenvalue weighted by Crippen LogP contribution is 2.20. The first-order chi connectivity index (χ1) is 13.3. The minimum atomic E-state index is 0. The van der Waals surface area contributed by atoms with Gasteiger partial charge in [-0.3, -0.25) is 9.89 Å². The predicted octanol–water partition coefficient (Wildman–Crippen LogP) is 4.23. The summed E-state index contributed by atoms with van der Waals surface area (Å²) >= 11 is 0. The topological polar surface area (TPSA) is 62.9 Å². The summed E-state index contributed by atoms with van der Waals surface area (Å²) in [5.41, 5.74) is 9.54. The maximum atomic E-state index is 6.17. The number of methoxy groups -OCH3 is 1. The van der Waals surface area contributed by atoms with Crippen LogP contribution in [0.2, 0.25) is 0 Å². The zero-order valence-electron chi connectivity index (χ0n) is 16.5. The number of likely N-dealkylation sites (tertiary alicyclic amines) is 1. The van der Waals surface area contributed by atoms with E-state index in [4.69, 9.17) is 10.5 Å². The molecule has 28 heavy (non-hydrogen) atoms. The molecule has 3 rings (SSSR count). The Morgan fingerprint density at radius 3 is 2.68 bits per heavy atom. The lowest BCUT2D eigenvalue weighted by molar-refractivity contribution is 0.145. The van der Waals surface area contributed by atoms with Crippen molar-refractivity contribution in [3.63, 3.8) is 0 Å². The zero-order chi connectivity index (χ0) is 18.9. The summed E-state index contributed by atoms with van der Waals surface area (Å²) in [4.78, 5) is 7.17. The third-order valence-electron chi connectivity index (χ3n) is 5.03. The number of guanidine groups is 1. The van der Waals surface area contributed by atoms with Gasteiger partial charge in [0.15, 0.2) is 5.96 Å². The molecule has 5 nitrogen and oxygen atoms in total. The molecule has 0 aliphatic carbocycles. The van der Waals surface area contributed by atoms with E-state index in [9.17, 15) is 0 Å². The molecule has 2 aromatic rings. The summed E-state index contributed by atoms with van der Waals surface area (Å²) in [5, 5.41) is 3.23. The third-order valence-corrected chi connectivity index (χ3v) is 5.03. The molecule has 1 unspecified atom stereocenters. The lowest BCUT2D eigenvalue weighted by Gasteiger charge is -2.35. The van der Waals surface area contributed by atoms with Crippen LogP contribution in [-0.2, 0) is 17.9 Å². The molecule has 1 heterocycles. The van der Waals surface area contributed by atoms with Crippen LogP contribution >= 0.6 is 24.0 Å². The highest BCUT2D eigenvalue weighted by molar-refractivity contribution is 14.0. The summed E-state index contributed by atoms with van der Waals surface area (Å²) < 4.78 is 5.25. The molecule has 0 saturated carbocycles. The average molecular weight is 494 g/mol. The Bertz CT molecular complexity index is 738. The van der Waals surface area contributed by atoms with E-state index >= 15 is 0 Å². The lowest BCUT2D eigenvalue weighted by atomic mass is 10.0. The van der Waals surface area contributed by atoms with Gasteiger partial charge in [0.2, 0.25) is 0 Å². The van der Waals surface area contributed by atoms with E-state index in [2.05, 4.69) is 45.5 Å². The summed E-state index contributed by atoms with van der Waals surface area (Å²) in [6, 6.07) is 19.1. The number of hydrogen-bond acceptors (Lipinski definition) is 3. The van der Waals surface area contributed by atoms with Crippen LogP contribution in [0.15, 0.2) is 59.6 Å². The monoisotopic (exact) mass is 494 g/mol. The molecule has 0 spiro atoms. The normalized spacial score (nSPS) is 17.8. The summed E-state index contributed by atoms with van der Waals surface area (Å²) in [7, 11) is 1.69. The van der Waals surface area contributed by atoms with Crippen LogP contribution in [0.5, 0.6) is 0 Å². The Kier molecular flexibility index (Phi) is 9.73. The fourth-order valence-corrected chi connectivity index (χ4v) is 3.60. The molecule has 0 amide bonds. The molecule has 1 fully saturated rings. The van der Waals surface area contributed by atoms with Gasteiger partial charge in [-0.2, -0.15) is 0 Å². The van der Waals surface area contributed by atoms with Crippen molar-refractivity contribution in [2.24, 2.45) is 10.7 Å². The molecule has 6 heteroatoms. The number of benzene rings is 2. The fraction of sp³-hybridized carbons (Fsp3) is 0.409. The third kappa shape index (κ3) is 6.76. The fourth-order valence-electron chi connectivity index (χ4n) is 3.60. The number of nitrogens with one attached hydrogen (secondary N) is 1. The van der Waals surface area contributed by atoms with Crippen LogP contribution in [0.4, 0.5) is 5.69 Å². The van der Waals surface area contributed by atoms with E-state index in [-0.39, 0.29) is 24.0 Å². The summed E-state index contributed by atoms with van der Waals surface area (Å²) in [6.07, 6.45) is 3.69. The first-order valence-corrected chi connectivity index (χ1v) is 9.68. The average Bonchev–Trinajstić information content (AvgIpc) is 2.70. The van der Waals surface area contributed by atoms with Crippen molar-refractivity contribution in [1.82, 2.24) is 4.90 Å². The molecule has 3 N–H and O–H groups in total. The van der Waals surface area contributed by atoms with Gasteiger partial charge in [0.1, 0.15) is 0 Å². The van der Waals surface area contributed by atoms with Gasteiger partial charge in [-0.05, 0) is 31.0 Å². The van der Waals surface area contributed by atoms with Crippen LogP contribution in [0.3, 0.4) is 0 Å². The SMILES string of the molecule is COCc1ccccc1NC(N)=NCC1CCCCN1Cc1ccccc1.I. The highest BCUT2D eigenvalue weighted by Gasteiger charge is 2.22. The molecule has 0 bridgehead atoms. The number of halogens is 1. The molecular weight excluding hydrogens is 463 g/mol. The maximum absolute atomic E-state index is 6.17. The smallest absolute Gasteiger partial charge is 0.193 e. The van der Waals surface area contributed by atoms with Crippen molar-refractivity contribution in [3.8, 4) is 0 Å². The van der Waals surface area contributed by atoms with Crippen molar-refractivity contribution in [2.75, 3.05) is 25.5 Å². The molecule has 1 atom stereocenters. The number of ether oxygens (including phenoxy) is 1. The first kappa shape index (κ1) is 22.6. The molecule has 1 saturated heterocycles. The molecule has 0 aromatic heterocycles. The van der Waals surface area contributed by atoms with Crippen LogP contribution in [-0.4, -0.2) is 37.1 Å². The van der Waals surface area contributed by atoms with E-state index in [1.807, 2.05) is 24.3 Å². The predicted molar refractivity (Wildman–Crippen MR) is 127 cm³/mol.